The van der Waals surface area contributed by atoms with Crippen molar-refractivity contribution in [3.05, 3.63) is 47.3 Å². The molecule has 33 heavy (non-hydrogen) atoms. The Morgan fingerprint density at radius 3 is 2.45 bits per heavy atom. The Morgan fingerprint density at radius 1 is 1.15 bits per heavy atom. The van der Waals surface area contributed by atoms with Gasteiger partial charge in [0.25, 0.3) is 5.91 Å². The summed E-state index contributed by atoms with van der Waals surface area (Å²) >= 11 is 0. The van der Waals surface area contributed by atoms with E-state index in [4.69, 9.17) is 0 Å². The maximum atomic E-state index is 13.9. The number of benzene rings is 1. The Hall–Kier alpha value is -2.56. The first kappa shape index (κ1) is 25.1. The summed E-state index contributed by atoms with van der Waals surface area (Å²) in [5.41, 5.74) is -4.22. The summed E-state index contributed by atoms with van der Waals surface area (Å²) in [5.74, 6) is -0.505. The molecule has 11 heteroatoms. The van der Waals surface area contributed by atoms with E-state index in [9.17, 15) is 31.1 Å². The highest BCUT2D eigenvalue weighted by Gasteiger charge is 2.41. The smallest absolute Gasteiger partial charge is 0.350 e. The summed E-state index contributed by atoms with van der Waals surface area (Å²) in [4.78, 5) is 14.9. The van der Waals surface area contributed by atoms with Crippen molar-refractivity contribution in [1.29, 1.82) is 0 Å². The first-order valence-corrected chi connectivity index (χ1v) is 10.6. The zero-order chi connectivity index (χ0) is 24.6. The zero-order valence-corrected chi connectivity index (χ0v) is 18.5. The first-order valence-electron chi connectivity index (χ1n) is 10.6. The molecule has 1 N–H and O–H groups in total. The summed E-state index contributed by atoms with van der Waals surface area (Å²) in [7, 11) is 0. The summed E-state index contributed by atoms with van der Waals surface area (Å²) in [6.45, 7) is 7.69. The van der Waals surface area contributed by atoms with Gasteiger partial charge in [0.05, 0.1) is 23.0 Å². The molecule has 182 valence electrons. The maximum Gasteiger partial charge on any atom is 0.434 e. The fraction of sp³-hybridized carbons (Fsp3) is 0.545. The molecule has 0 saturated carbocycles. The largest absolute Gasteiger partial charge is 0.434 e. The predicted octanol–water partition coefficient (Wildman–Crippen LogP) is 5.15. The number of amides is 1. The molecule has 0 aliphatic carbocycles. The Balaban J connectivity index is 1.87. The summed E-state index contributed by atoms with van der Waals surface area (Å²) in [6.07, 6.45) is -6.92. The van der Waals surface area contributed by atoms with Crippen LogP contribution in [0.2, 0.25) is 0 Å². The van der Waals surface area contributed by atoms with Gasteiger partial charge in [0.1, 0.15) is 0 Å². The SMILES string of the molecule is CC1CCCN(C(C)(C)CNC(=O)c2cnn(-c3cccc(C(F)(F)F)c3)c2C(F)(F)F)C1. The molecule has 5 nitrogen and oxygen atoms in total. The van der Waals surface area contributed by atoms with Crippen molar-refractivity contribution in [2.24, 2.45) is 5.92 Å². The van der Waals surface area contributed by atoms with Gasteiger partial charge in [0.2, 0.25) is 0 Å². The average Bonchev–Trinajstić information content (AvgIpc) is 3.17. The summed E-state index contributed by atoms with van der Waals surface area (Å²) in [5, 5.41) is 6.15. The topological polar surface area (TPSA) is 50.2 Å². The molecule has 0 radical (unpaired) electrons. The molecule has 1 aliphatic heterocycles. The zero-order valence-electron chi connectivity index (χ0n) is 18.5. The number of carbonyl (C=O) groups is 1. The van der Waals surface area contributed by atoms with Crippen LogP contribution in [0.4, 0.5) is 26.3 Å². The minimum atomic E-state index is -5.02. The number of hydrogen-bond acceptors (Lipinski definition) is 3. The number of nitrogens with one attached hydrogen (secondary N) is 1. The third kappa shape index (κ3) is 5.69. The third-order valence-electron chi connectivity index (χ3n) is 5.90. The number of halogens is 6. The van der Waals surface area contributed by atoms with Gasteiger partial charge in [-0.3, -0.25) is 9.69 Å². The molecule has 1 unspecified atom stereocenters. The highest BCUT2D eigenvalue weighted by atomic mass is 19.4. The fourth-order valence-electron chi connectivity index (χ4n) is 4.04. The first-order chi connectivity index (χ1) is 15.2. The molecule has 1 aromatic heterocycles. The predicted molar refractivity (Wildman–Crippen MR) is 110 cm³/mol. The second-order valence-corrected chi connectivity index (χ2v) is 9.05. The monoisotopic (exact) mass is 476 g/mol. The van der Waals surface area contributed by atoms with E-state index in [-0.39, 0.29) is 6.54 Å². The van der Waals surface area contributed by atoms with Crippen molar-refractivity contribution in [3.63, 3.8) is 0 Å². The molecular weight excluding hydrogens is 450 g/mol. The number of alkyl halides is 6. The van der Waals surface area contributed by atoms with Gasteiger partial charge in [-0.2, -0.15) is 31.4 Å². The fourth-order valence-corrected chi connectivity index (χ4v) is 4.04. The Morgan fingerprint density at radius 2 is 1.85 bits per heavy atom. The van der Waals surface area contributed by atoms with E-state index in [1.807, 2.05) is 13.8 Å². The average molecular weight is 476 g/mol. The molecule has 0 bridgehead atoms. The molecule has 1 saturated heterocycles. The van der Waals surface area contributed by atoms with Gasteiger partial charge in [-0.25, -0.2) is 4.68 Å². The van der Waals surface area contributed by atoms with Crippen LogP contribution in [0, 0.1) is 5.92 Å². The maximum absolute atomic E-state index is 13.9. The van der Waals surface area contributed by atoms with Crippen molar-refractivity contribution in [2.75, 3.05) is 19.6 Å². The van der Waals surface area contributed by atoms with Crippen molar-refractivity contribution in [2.45, 2.75) is 51.5 Å². The highest BCUT2D eigenvalue weighted by Crippen LogP contribution is 2.35. The van der Waals surface area contributed by atoms with Gasteiger partial charge in [-0.05, 0) is 57.4 Å². The van der Waals surface area contributed by atoms with E-state index in [1.165, 1.54) is 0 Å². The second kappa shape index (κ2) is 9.00. The lowest BCUT2D eigenvalue weighted by Gasteiger charge is -2.43. The molecule has 2 heterocycles. The molecule has 1 atom stereocenters. The van der Waals surface area contributed by atoms with Crippen LogP contribution in [0.15, 0.2) is 30.5 Å². The van der Waals surface area contributed by atoms with E-state index in [2.05, 4.69) is 22.2 Å². The van der Waals surface area contributed by atoms with Gasteiger partial charge in [0.15, 0.2) is 5.69 Å². The Labute approximate surface area is 187 Å². The van der Waals surface area contributed by atoms with E-state index < -0.39 is 46.3 Å². The number of nitrogens with zero attached hydrogens (tertiary/aromatic N) is 3. The number of piperidine rings is 1. The molecule has 1 amide bonds. The van der Waals surface area contributed by atoms with Crippen molar-refractivity contribution < 1.29 is 31.1 Å². The van der Waals surface area contributed by atoms with Crippen LogP contribution in [0.3, 0.4) is 0 Å². The lowest BCUT2D eigenvalue weighted by molar-refractivity contribution is -0.143. The van der Waals surface area contributed by atoms with Gasteiger partial charge in [0, 0.05) is 18.6 Å². The lowest BCUT2D eigenvalue weighted by Crippen LogP contribution is -2.54. The van der Waals surface area contributed by atoms with Crippen molar-refractivity contribution in [1.82, 2.24) is 20.0 Å². The molecule has 1 fully saturated rings. The van der Waals surface area contributed by atoms with E-state index >= 15 is 0 Å². The molecule has 2 aromatic rings. The number of rotatable bonds is 5. The van der Waals surface area contributed by atoms with Crippen molar-refractivity contribution in [3.8, 4) is 5.69 Å². The van der Waals surface area contributed by atoms with E-state index in [0.717, 1.165) is 50.3 Å². The molecule has 1 aliphatic rings. The van der Waals surface area contributed by atoms with Gasteiger partial charge in [-0.1, -0.05) is 13.0 Å². The third-order valence-corrected chi connectivity index (χ3v) is 5.90. The van der Waals surface area contributed by atoms with Crippen LogP contribution < -0.4 is 5.32 Å². The van der Waals surface area contributed by atoms with Crippen LogP contribution in [0.1, 0.15) is 55.2 Å². The molecular formula is C22H26F6N4O. The van der Waals surface area contributed by atoms with Crippen molar-refractivity contribution >= 4 is 5.91 Å². The minimum absolute atomic E-state index is 0.102. The van der Waals surface area contributed by atoms with E-state index in [0.29, 0.717) is 16.7 Å². The normalized spacial score (nSPS) is 18.4. The van der Waals surface area contributed by atoms with Crippen LogP contribution in [-0.2, 0) is 12.4 Å². The van der Waals surface area contributed by atoms with E-state index in [1.54, 1.807) is 0 Å². The number of carbonyl (C=O) groups excluding carboxylic acids is 1. The van der Waals surface area contributed by atoms with Gasteiger partial charge < -0.3 is 5.32 Å². The second-order valence-electron chi connectivity index (χ2n) is 9.05. The molecule has 3 rings (SSSR count). The summed E-state index contributed by atoms with van der Waals surface area (Å²) in [6, 6.07) is 3.36. The van der Waals surface area contributed by atoms with Gasteiger partial charge >= 0.3 is 12.4 Å². The van der Waals surface area contributed by atoms with Crippen LogP contribution in [0.5, 0.6) is 0 Å². The summed E-state index contributed by atoms with van der Waals surface area (Å²) < 4.78 is 81.0. The molecule has 1 aromatic carbocycles. The number of hydrogen-bond donors (Lipinski definition) is 1. The Kier molecular flexibility index (Phi) is 6.84. The van der Waals surface area contributed by atoms with Crippen LogP contribution >= 0.6 is 0 Å². The standard InChI is InChI=1S/C22H26F6N4O/c1-14-6-5-9-31(12-14)20(2,3)13-29-19(33)17-11-30-32(18(17)22(26,27)28)16-8-4-7-15(10-16)21(23,24)25/h4,7-8,10-11,14H,5-6,9,12-13H2,1-3H3,(H,29,33). The lowest BCUT2D eigenvalue weighted by atomic mass is 9.93. The molecule has 0 spiro atoms. The Bertz CT molecular complexity index is 996. The van der Waals surface area contributed by atoms with Crippen LogP contribution in [0.25, 0.3) is 5.69 Å². The number of likely N-dealkylation sites (tertiary alicyclic amines) is 1. The number of aromatic nitrogens is 2. The quantitative estimate of drug-likeness (QED) is 0.608. The highest BCUT2D eigenvalue weighted by molar-refractivity contribution is 5.95. The van der Waals surface area contributed by atoms with Gasteiger partial charge in [-0.15, -0.1) is 0 Å². The minimum Gasteiger partial charge on any atom is -0.350 e. The van der Waals surface area contributed by atoms with Crippen LogP contribution in [-0.4, -0.2) is 45.8 Å².